The van der Waals surface area contributed by atoms with Crippen LogP contribution in [0.25, 0.3) is 6.08 Å². The number of benzene rings is 2. The fourth-order valence-corrected chi connectivity index (χ4v) is 5.04. The number of hydrogen-bond acceptors (Lipinski definition) is 5. The van der Waals surface area contributed by atoms with E-state index in [4.69, 9.17) is 29.5 Å². The van der Waals surface area contributed by atoms with Crippen molar-refractivity contribution >= 4 is 18.0 Å². The number of hydrogen-bond donors (Lipinski definition) is 2. The number of piperidine rings is 1. The Bertz CT molecular complexity index is 1250. The number of aromatic nitrogens is 2. The fraction of sp³-hybridized carbons (Fsp3) is 0.387. The average Bonchev–Trinajstić information content (AvgIpc) is 3.29. The summed E-state index contributed by atoms with van der Waals surface area (Å²) in [4.78, 5) is 25.7. The molecule has 3 heterocycles. The first-order valence-electron chi connectivity index (χ1n) is 13.6. The van der Waals surface area contributed by atoms with Crippen LogP contribution in [0.1, 0.15) is 60.0 Å². The molecule has 0 amide bonds. The smallest absolute Gasteiger partial charge is 0.414 e. The zero-order chi connectivity index (χ0) is 27.6. The van der Waals surface area contributed by atoms with Crippen molar-refractivity contribution in [3.63, 3.8) is 0 Å². The lowest BCUT2D eigenvalue weighted by atomic mass is 10.00. The Morgan fingerprint density at radius 3 is 2.41 bits per heavy atom. The van der Waals surface area contributed by atoms with Gasteiger partial charge in [0.25, 0.3) is 0 Å². The molecule has 2 aromatic carbocycles. The summed E-state index contributed by atoms with van der Waals surface area (Å²) in [6, 6.07) is 19.5. The van der Waals surface area contributed by atoms with Crippen molar-refractivity contribution in [3.05, 3.63) is 95.1 Å². The van der Waals surface area contributed by atoms with Crippen LogP contribution in [0.2, 0.25) is 0 Å². The van der Waals surface area contributed by atoms with Gasteiger partial charge in [0, 0.05) is 25.8 Å². The second-order valence-corrected chi connectivity index (χ2v) is 10.1. The Morgan fingerprint density at radius 2 is 1.69 bits per heavy atom. The Labute approximate surface area is 229 Å². The molecule has 1 atom stereocenters. The van der Waals surface area contributed by atoms with Crippen LogP contribution in [-0.4, -0.2) is 62.8 Å². The van der Waals surface area contributed by atoms with E-state index in [1.807, 2.05) is 0 Å². The third-order valence-corrected chi connectivity index (χ3v) is 7.16. The molecule has 2 aliphatic heterocycles. The predicted octanol–water partition coefficient (Wildman–Crippen LogP) is 4.83. The van der Waals surface area contributed by atoms with Crippen LogP contribution >= 0.6 is 0 Å². The Morgan fingerprint density at radius 1 is 1.00 bits per heavy atom. The molecule has 1 unspecified atom stereocenters. The highest BCUT2D eigenvalue weighted by molar-refractivity contribution is 6.27. The van der Waals surface area contributed by atoms with E-state index in [9.17, 15) is 0 Å². The van der Waals surface area contributed by atoms with E-state index < -0.39 is 11.9 Å². The molecule has 3 aromatic rings. The Kier molecular flexibility index (Phi) is 10.1. The highest BCUT2D eigenvalue weighted by Gasteiger charge is 2.30. The summed E-state index contributed by atoms with van der Waals surface area (Å²) >= 11 is 0. The lowest BCUT2D eigenvalue weighted by Gasteiger charge is -2.32. The molecule has 8 nitrogen and oxygen atoms in total. The van der Waals surface area contributed by atoms with E-state index in [-0.39, 0.29) is 6.10 Å². The molecule has 8 heteroatoms. The van der Waals surface area contributed by atoms with Crippen molar-refractivity contribution in [1.29, 1.82) is 0 Å². The van der Waals surface area contributed by atoms with Gasteiger partial charge in [-0.25, -0.2) is 14.6 Å². The summed E-state index contributed by atoms with van der Waals surface area (Å²) < 4.78 is 9.11. The summed E-state index contributed by atoms with van der Waals surface area (Å²) in [6.45, 7) is 3.16. The summed E-state index contributed by atoms with van der Waals surface area (Å²) in [5, 5.41) is 14.8. The molecule has 0 bridgehead atoms. The first kappa shape index (κ1) is 28.3. The molecule has 0 spiro atoms. The van der Waals surface area contributed by atoms with Gasteiger partial charge in [0.15, 0.2) is 0 Å². The molecule has 2 aliphatic rings. The molecule has 5 rings (SSSR count). The number of nitrogens with zero attached hydrogens (tertiary/aromatic N) is 3. The van der Waals surface area contributed by atoms with Gasteiger partial charge in [0.2, 0.25) is 0 Å². The van der Waals surface area contributed by atoms with E-state index in [0.29, 0.717) is 6.10 Å². The molecular formula is C31H37N3O5. The third kappa shape index (κ3) is 8.12. The van der Waals surface area contributed by atoms with Crippen LogP contribution in [0.5, 0.6) is 0 Å². The first-order chi connectivity index (χ1) is 18.9. The van der Waals surface area contributed by atoms with E-state index in [1.165, 1.54) is 16.7 Å². The molecule has 206 valence electrons. The van der Waals surface area contributed by atoms with Gasteiger partial charge in [-0.15, -0.1) is 0 Å². The largest absolute Gasteiger partial charge is 0.473 e. The predicted molar refractivity (Wildman–Crippen MR) is 150 cm³/mol. The van der Waals surface area contributed by atoms with Crippen molar-refractivity contribution in [3.8, 4) is 0 Å². The number of aliphatic carboxylic acids is 2. The summed E-state index contributed by atoms with van der Waals surface area (Å²) in [6.07, 6.45) is 13.4. The minimum Gasteiger partial charge on any atom is -0.473 e. The minimum atomic E-state index is -1.82. The van der Waals surface area contributed by atoms with Crippen LogP contribution in [0, 0.1) is 0 Å². The van der Waals surface area contributed by atoms with Crippen molar-refractivity contribution in [2.45, 2.75) is 57.3 Å². The van der Waals surface area contributed by atoms with Gasteiger partial charge in [0.05, 0.1) is 11.8 Å². The van der Waals surface area contributed by atoms with Gasteiger partial charge in [-0.2, -0.15) is 0 Å². The van der Waals surface area contributed by atoms with Gasteiger partial charge < -0.3 is 24.4 Å². The molecule has 0 radical (unpaired) electrons. The first-order valence-corrected chi connectivity index (χ1v) is 13.6. The summed E-state index contributed by atoms with van der Waals surface area (Å²) in [7, 11) is 2.20. The topological polar surface area (TPSA) is 105 Å². The second kappa shape index (κ2) is 13.9. The number of fused-ring (bicyclic) bond motifs is 2. The maximum atomic E-state index is 9.10. The van der Waals surface area contributed by atoms with Crippen molar-refractivity contribution in [2.24, 2.45) is 0 Å². The maximum Gasteiger partial charge on any atom is 0.414 e. The molecule has 1 fully saturated rings. The quantitative estimate of drug-likeness (QED) is 0.332. The monoisotopic (exact) mass is 531 g/mol. The molecule has 39 heavy (non-hydrogen) atoms. The normalized spacial score (nSPS) is 17.5. The van der Waals surface area contributed by atoms with Gasteiger partial charge in [0.1, 0.15) is 11.9 Å². The number of rotatable bonds is 7. The zero-order valence-electron chi connectivity index (χ0n) is 22.4. The lowest BCUT2D eigenvalue weighted by Crippen LogP contribution is -2.35. The number of allylic oxidation sites excluding steroid dienone is 1. The molecular weight excluding hydrogens is 494 g/mol. The van der Waals surface area contributed by atoms with E-state index in [2.05, 4.69) is 89.5 Å². The number of unbranched alkanes of at least 4 members (excludes halogenated alkanes) is 1. The van der Waals surface area contributed by atoms with Crippen molar-refractivity contribution < 1.29 is 24.5 Å². The average molecular weight is 532 g/mol. The number of carboxylic acid groups (broad SMARTS) is 2. The van der Waals surface area contributed by atoms with E-state index in [0.717, 1.165) is 69.7 Å². The molecule has 1 aromatic heterocycles. The van der Waals surface area contributed by atoms with Crippen LogP contribution in [0.3, 0.4) is 0 Å². The minimum absolute atomic E-state index is 0.0858. The third-order valence-electron chi connectivity index (χ3n) is 7.16. The van der Waals surface area contributed by atoms with Gasteiger partial charge in [-0.3, -0.25) is 0 Å². The summed E-state index contributed by atoms with van der Waals surface area (Å²) in [5.74, 6) is -2.59. The molecule has 0 aliphatic carbocycles. The van der Waals surface area contributed by atoms with Crippen molar-refractivity contribution in [2.75, 3.05) is 20.1 Å². The zero-order valence-corrected chi connectivity index (χ0v) is 22.4. The van der Waals surface area contributed by atoms with E-state index in [1.54, 1.807) is 0 Å². The lowest BCUT2D eigenvalue weighted by molar-refractivity contribution is -0.159. The molecule has 0 saturated carbocycles. The second-order valence-electron chi connectivity index (χ2n) is 10.1. The fourth-order valence-electron chi connectivity index (χ4n) is 5.04. The van der Waals surface area contributed by atoms with Gasteiger partial charge >= 0.3 is 11.9 Å². The number of carbonyl (C=O) groups is 2. The Hall–Kier alpha value is -3.75. The van der Waals surface area contributed by atoms with Crippen LogP contribution in [-0.2, 0) is 33.7 Å². The van der Waals surface area contributed by atoms with Crippen LogP contribution in [0.15, 0.2) is 66.9 Å². The maximum absolute atomic E-state index is 9.10. The highest BCUT2D eigenvalue weighted by Crippen LogP contribution is 2.34. The number of likely N-dealkylation sites (tertiary alicyclic amines) is 1. The Balaban J connectivity index is 0.000000531. The highest BCUT2D eigenvalue weighted by atomic mass is 16.5. The number of imidazole rings is 1. The number of ether oxygens (including phenoxy) is 1. The van der Waals surface area contributed by atoms with Crippen LogP contribution < -0.4 is 0 Å². The standard InChI is InChI=1S/C29H35N3O.C2H2O4/c1-31-19-17-26(18-20-31)33-28-27-15-9-8-13-24(27)16-21-32-22-25(30-29(28)32)14-7-3-6-12-23-10-4-2-5-11-23;3-1(4)2(5)6/h2,4-5,7-11,13-15,22,26,28H,3,6,12,16-21H2,1H3;(H,3,4)(H,5,6). The van der Waals surface area contributed by atoms with Gasteiger partial charge in [-0.1, -0.05) is 60.7 Å². The van der Waals surface area contributed by atoms with Crippen molar-refractivity contribution in [1.82, 2.24) is 14.5 Å². The SMILES string of the molecule is CN1CCC(OC2c3ccccc3CCn3cc(C=CCCCc4ccccc4)nc32)CC1.O=C(O)C(=O)O. The van der Waals surface area contributed by atoms with Crippen LogP contribution in [0.4, 0.5) is 0 Å². The molecule has 2 N–H and O–H groups in total. The van der Waals surface area contributed by atoms with Gasteiger partial charge in [-0.05, 0) is 68.3 Å². The number of aryl methyl sites for hydroxylation is 3. The summed E-state index contributed by atoms with van der Waals surface area (Å²) in [5.41, 5.74) is 5.13. The van der Waals surface area contributed by atoms with E-state index >= 15 is 0 Å². The number of carboxylic acids is 2. The molecule has 1 saturated heterocycles.